The Morgan fingerprint density at radius 2 is 0.925 bits per heavy atom. The molecule has 0 aliphatic heterocycles. The van der Waals surface area contributed by atoms with E-state index in [2.05, 4.69) is 207 Å². The fourth-order valence-electron chi connectivity index (χ4n) is 8.36. The molecular weight excluding hydrogens is 659 g/mol. The summed E-state index contributed by atoms with van der Waals surface area (Å²) < 4.78 is 2.72. The zero-order valence-corrected chi connectivity index (χ0v) is 30.6. The SMILES string of the molecule is CC1(C)c2ccc(N(c3ccc(-c4ccccc4)cc3)c3cc(-c4ccccc4)cc(-c4ccccc4)c3)cc2-c2c1ccc1c2sc2ccccc21. The van der Waals surface area contributed by atoms with Crippen LogP contribution in [0.3, 0.4) is 0 Å². The van der Waals surface area contributed by atoms with Crippen molar-refractivity contribution in [1.29, 1.82) is 0 Å². The third-order valence-electron chi connectivity index (χ3n) is 11.0. The number of hydrogen-bond donors (Lipinski definition) is 0. The van der Waals surface area contributed by atoms with E-state index < -0.39 is 0 Å². The maximum atomic E-state index is 2.45. The Balaban J connectivity index is 1.21. The van der Waals surface area contributed by atoms with Gasteiger partial charge in [-0.2, -0.15) is 0 Å². The van der Waals surface area contributed by atoms with Crippen molar-refractivity contribution >= 4 is 48.6 Å². The summed E-state index contributed by atoms with van der Waals surface area (Å²) in [5, 5.41) is 2.68. The number of fused-ring (bicyclic) bond motifs is 7. The highest BCUT2D eigenvalue weighted by molar-refractivity contribution is 7.26. The van der Waals surface area contributed by atoms with Crippen LogP contribution in [-0.2, 0) is 5.41 Å². The predicted octanol–water partition coefficient (Wildman–Crippen LogP) is 14.8. The van der Waals surface area contributed by atoms with Crippen LogP contribution in [0.15, 0.2) is 188 Å². The number of hydrogen-bond acceptors (Lipinski definition) is 2. The Labute approximate surface area is 315 Å². The molecule has 0 saturated heterocycles. The van der Waals surface area contributed by atoms with Crippen molar-refractivity contribution in [2.75, 3.05) is 4.90 Å². The van der Waals surface area contributed by atoms with Gasteiger partial charge in [0.2, 0.25) is 0 Å². The number of benzene rings is 8. The van der Waals surface area contributed by atoms with E-state index in [-0.39, 0.29) is 5.41 Å². The average molecular weight is 696 g/mol. The van der Waals surface area contributed by atoms with E-state index in [9.17, 15) is 0 Å². The minimum absolute atomic E-state index is 0.108. The van der Waals surface area contributed by atoms with Crippen LogP contribution in [0, 0.1) is 0 Å². The maximum Gasteiger partial charge on any atom is 0.0473 e. The van der Waals surface area contributed by atoms with Crippen molar-refractivity contribution in [2.45, 2.75) is 19.3 Å². The summed E-state index contributed by atoms with van der Waals surface area (Å²) in [6.07, 6.45) is 0. The van der Waals surface area contributed by atoms with E-state index in [1.54, 1.807) is 0 Å². The Bertz CT molecular complexity index is 2720. The molecule has 0 radical (unpaired) electrons. The molecule has 0 fully saturated rings. The van der Waals surface area contributed by atoms with Gasteiger partial charge in [0.05, 0.1) is 0 Å². The Hall–Kier alpha value is -6.22. The number of thiophene rings is 1. The number of anilines is 3. The Kier molecular flexibility index (Phi) is 7.42. The number of rotatable bonds is 6. The normalized spacial score (nSPS) is 12.9. The molecule has 9 aromatic rings. The summed E-state index contributed by atoms with van der Waals surface area (Å²) in [5.74, 6) is 0. The number of nitrogens with zero attached hydrogens (tertiary/aromatic N) is 1. The molecule has 1 aliphatic rings. The van der Waals surface area contributed by atoms with Gasteiger partial charge in [-0.15, -0.1) is 11.3 Å². The second-order valence-corrected chi connectivity index (χ2v) is 15.6. The summed E-state index contributed by atoms with van der Waals surface area (Å²) >= 11 is 1.92. The van der Waals surface area contributed by atoms with Gasteiger partial charge in [0.1, 0.15) is 0 Å². The molecule has 1 heterocycles. The predicted molar refractivity (Wildman–Crippen MR) is 228 cm³/mol. The lowest BCUT2D eigenvalue weighted by Crippen LogP contribution is -2.15. The van der Waals surface area contributed by atoms with Gasteiger partial charge in [-0.1, -0.05) is 153 Å². The van der Waals surface area contributed by atoms with Crippen LogP contribution >= 0.6 is 11.3 Å². The highest BCUT2D eigenvalue weighted by atomic mass is 32.1. The van der Waals surface area contributed by atoms with Gasteiger partial charge < -0.3 is 4.90 Å². The first-order valence-electron chi connectivity index (χ1n) is 18.3. The van der Waals surface area contributed by atoms with E-state index in [0.717, 1.165) is 17.1 Å². The second-order valence-electron chi connectivity index (χ2n) is 14.6. The Morgan fingerprint density at radius 3 is 1.57 bits per heavy atom. The van der Waals surface area contributed by atoms with Gasteiger partial charge in [0.15, 0.2) is 0 Å². The lowest BCUT2D eigenvalue weighted by Gasteiger charge is -2.28. The van der Waals surface area contributed by atoms with Crippen molar-refractivity contribution in [3.63, 3.8) is 0 Å². The van der Waals surface area contributed by atoms with Crippen LogP contribution in [0.2, 0.25) is 0 Å². The minimum Gasteiger partial charge on any atom is -0.310 e. The first kappa shape index (κ1) is 31.5. The van der Waals surface area contributed by atoms with Crippen LogP contribution < -0.4 is 4.90 Å². The molecule has 10 rings (SSSR count). The molecular formula is C51H37NS. The lowest BCUT2D eigenvalue weighted by atomic mass is 9.82. The molecule has 53 heavy (non-hydrogen) atoms. The van der Waals surface area contributed by atoms with E-state index in [4.69, 9.17) is 0 Å². The van der Waals surface area contributed by atoms with Gasteiger partial charge >= 0.3 is 0 Å². The van der Waals surface area contributed by atoms with E-state index in [0.29, 0.717) is 0 Å². The first-order valence-corrected chi connectivity index (χ1v) is 19.2. The zero-order valence-electron chi connectivity index (χ0n) is 29.8. The summed E-state index contributed by atoms with van der Waals surface area (Å²) in [6.45, 7) is 4.76. The van der Waals surface area contributed by atoms with Gasteiger partial charge in [-0.25, -0.2) is 0 Å². The third kappa shape index (κ3) is 5.29. The minimum atomic E-state index is -0.108. The molecule has 0 amide bonds. The molecule has 0 saturated carbocycles. The van der Waals surface area contributed by atoms with E-state index >= 15 is 0 Å². The van der Waals surface area contributed by atoms with Crippen molar-refractivity contribution in [3.8, 4) is 44.5 Å². The van der Waals surface area contributed by atoms with Crippen LogP contribution in [0.1, 0.15) is 25.0 Å². The molecule has 0 bridgehead atoms. The fraction of sp³-hybridized carbons (Fsp3) is 0.0588. The van der Waals surface area contributed by atoms with Gasteiger partial charge in [-0.05, 0) is 98.6 Å². The molecule has 0 spiro atoms. The van der Waals surface area contributed by atoms with Crippen LogP contribution in [-0.4, -0.2) is 0 Å². The summed E-state index contributed by atoms with van der Waals surface area (Å²) in [5.41, 5.74) is 15.9. The van der Waals surface area contributed by atoms with E-state index in [1.807, 2.05) is 11.3 Å². The largest absolute Gasteiger partial charge is 0.310 e. The molecule has 1 nitrogen and oxygen atoms in total. The lowest BCUT2D eigenvalue weighted by molar-refractivity contribution is 0.661. The smallest absolute Gasteiger partial charge is 0.0473 e. The topological polar surface area (TPSA) is 3.24 Å². The maximum absolute atomic E-state index is 2.45. The molecule has 0 atom stereocenters. The van der Waals surface area contributed by atoms with Crippen molar-refractivity contribution in [2.24, 2.45) is 0 Å². The summed E-state index contributed by atoms with van der Waals surface area (Å²) in [4.78, 5) is 2.45. The second kappa shape index (κ2) is 12.5. The molecule has 252 valence electrons. The summed E-state index contributed by atoms with van der Waals surface area (Å²) in [6, 6.07) is 68.9. The summed E-state index contributed by atoms with van der Waals surface area (Å²) in [7, 11) is 0. The van der Waals surface area contributed by atoms with Crippen molar-refractivity contribution in [3.05, 3.63) is 199 Å². The van der Waals surface area contributed by atoms with Crippen molar-refractivity contribution in [1.82, 2.24) is 0 Å². The molecule has 1 aliphatic carbocycles. The zero-order chi connectivity index (χ0) is 35.5. The highest BCUT2D eigenvalue weighted by Crippen LogP contribution is 2.55. The first-order chi connectivity index (χ1) is 26.0. The molecule has 0 unspecified atom stereocenters. The van der Waals surface area contributed by atoms with Crippen LogP contribution in [0.5, 0.6) is 0 Å². The molecule has 2 heteroatoms. The standard InChI is InChI=1S/C51H37NS/c1-51(2)46-28-26-41(33-45(46)49-47(51)29-27-44-43-20-12-13-21-48(43)53-50(44)49)52(40-24-22-37(23-25-40)34-14-6-3-7-15-34)42-31-38(35-16-8-4-9-17-35)30-39(32-42)36-18-10-5-11-19-36/h3-33H,1-2H3. The van der Waals surface area contributed by atoms with Crippen molar-refractivity contribution < 1.29 is 0 Å². The monoisotopic (exact) mass is 695 g/mol. The van der Waals surface area contributed by atoms with E-state index in [1.165, 1.54) is 75.8 Å². The molecule has 0 N–H and O–H groups in total. The highest BCUT2D eigenvalue weighted by Gasteiger charge is 2.37. The Morgan fingerprint density at radius 1 is 0.396 bits per heavy atom. The van der Waals surface area contributed by atoms with Crippen LogP contribution in [0.25, 0.3) is 64.7 Å². The van der Waals surface area contributed by atoms with Gasteiger partial charge in [-0.3, -0.25) is 0 Å². The average Bonchev–Trinajstić information content (AvgIpc) is 3.71. The quantitative estimate of drug-likeness (QED) is 0.167. The van der Waals surface area contributed by atoms with Gasteiger partial charge in [0.25, 0.3) is 0 Å². The van der Waals surface area contributed by atoms with Crippen LogP contribution in [0.4, 0.5) is 17.1 Å². The third-order valence-corrected chi connectivity index (χ3v) is 12.3. The fourth-order valence-corrected chi connectivity index (χ4v) is 9.63. The molecule has 1 aromatic heterocycles. The molecule has 8 aromatic carbocycles. The van der Waals surface area contributed by atoms with Gasteiger partial charge in [0, 0.05) is 48.2 Å².